The third-order valence-corrected chi connectivity index (χ3v) is 3.36. The second kappa shape index (κ2) is 5.33. The Hall–Kier alpha value is -1.35. The van der Waals surface area contributed by atoms with Gasteiger partial charge in [0.25, 0.3) is 0 Å². The van der Waals surface area contributed by atoms with E-state index < -0.39 is 5.60 Å². The smallest absolute Gasteiger partial charge is 0.135 e. The summed E-state index contributed by atoms with van der Waals surface area (Å²) >= 11 is 0. The number of hydrogen-bond acceptors (Lipinski definition) is 3. The lowest BCUT2D eigenvalue weighted by Crippen LogP contribution is -2.25. The van der Waals surface area contributed by atoms with Gasteiger partial charge in [0.15, 0.2) is 0 Å². The van der Waals surface area contributed by atoms with Crippen LogP contribution in [0.1, 0.15) is 58.6 Å². The van der Waals surface area contributed by atoms with Gasteiger partial charge >= 0.3 is 0 Å². The fraction of sp³-hybridized carbons (Fsp3) is 0.562. The average molecular weight is 264 g/mol. The van der Waals surface area contributed by atoms with E-state index in [2.05, 4.69) is 0 Å². The zero-order chi connectivity index (χ0) is 14.8. The third-order valence-electron chi connectivity index (χ3n) is 3.36. The fourth-order valence-electron chi connectivity index (χ4n) is 2.08. The minimum absolute atomic E-state index is 0.0235. The largest absolute Gasteiger partial charge is 0.508 e. The summed E-state index contributed by atoms with van der Waals surface area (Å²) in [6.07, 6.45) is 0.512. The minimum Gasteiger partial charge on any atom is -0.508 e. The molecule has 0 aliphatic rings. The summed E-state index contributed by atoms with van der Waals surface area (Å²) in [6.45, 7) is 9.42. The summed E-state index contributed by atoms with van der Waals surface area (Å²) in [5, 5.41) is 20.4. The van der Waals surface area contributed by atoms with Gasteiger partial charge in [-0.15, -0.1) is 0 Å². The van der Waals surface area contributed by atoms with Gasteiger partial charge < -0.3 is 10.2 Å². The first kappa shape index (κ1) is 15.7. The van der Waals surface area contributed by atoms with E-state index in [0.29, 0.717) is 12.0 Å². The number of phenolic OH excluding ortho intramolecular Hbond substituents is 1. The Morgan fingerprint density at radius 2 is 1.79 bits per heavy atom. The molecule has 0 amide bonds. The van der Waals surface area contributed by atoms with Crippen LogP contribution in [0.3, 0.4) is 0 Å². The predicted octanol–water partition coefficient (Wildman–Crippen LogP) is 3.27. The molecule has 0 fully saturated rings. The van der Waals surface area contributed by atoms with E-state index >= 15 is 0 Å². The monoisotopic (exact) mass is 264 g/mol. The van der Waals surface area contributed by atoms with Crippen molar-refractivity contribution in [2.24, 2.45) is 0 Å². The molecule has 0 saturated heterocycles. The van der Waals surface area contributed by atoms with Gasteiger partial charge in [0.1, 0.15) is 11.5 Å². The number of Topliss-reactive ketones (excluding diaryl/α,β-unsaturated/α-hetero) is 1. The quantitative estimate of drug-likeness (QED) is 0.877. The van der Waals surface area contributed by atoms with Crippen molar-refractivity contribution >= 4 is 5.78 Å². The molecule has 1 rings (SSSR count). The SMILES string of the molecule is CCC(=O)CC(C)(O)c1ccc(O)c(C(C)(C)C)c1. The molecule has 0 aromatic heterocycles. The Balaban J connectivity index is 3.18. The number of aliphatic hydroxyl groups is 1. The summed E-state index contributed by atoms with van der Waals surface area (Å²) in [5.41, 5.74) is 0.0254. The first-order chi connectivity index (χ1) is 8.58. The van der Waals surface area contributed by atoms with Crippen molar-refractivity contribution < 1.29 is 15.0 Å². The van der Waals surface area contributed by atoms with Crippen LogP contribution in [0.4, 0.5) is 0 Å². The number of ketones is 1. The number of carbonyl (C=O) groups excluding carboxylic acids is 1. The number of aromatic hydroxyl groups is 1. The van der Waals surface area contributed by atoms with Gasteiger partial charge in [0.05, 0.1) is 5.60 Å². The van der Waals surface area contributed by atoms with Crippen LogP contribution in [0.15, 0.2) is 18.2 Å². The minimum atomic E-state index is -1.19. The van der Waals surface area contributed by atoms with Crippen molar-refractivity contribution in [2.45, 2.75) is 58.5 Å². The van der Waals surface area contributed by atoms with Crippen molar-refractivity contribution in [3.63, 3.8) is 0 Å². The fourth-order valence-corrected chi connectivity index (χ4v) is 2.08. The Kier molecular flexibility index (Phi) is 4.41. The lowest BCUT2D eigenvalue weighted by Gasteiger charge is -2.27. The molecule has 1 unspecified atom stereocenters. The van der Waals surface area contributed by atoms with E-state index in [-0.39, 0.29) is 23.4 Å². The maximum absolute atomic E-state index is 11.5. The molecule has 0 aliphatic carbocycles. The number of benzene rings is 1. The van der Waals surface area contributed by atoms with Gasteiger partial charge in [-0.3, -0.25) is 4.79 Å². The molecule has 0 saturated carbocycles. The second-order valence-corrected chi connectivity index (χ2v) is 6.32. The summed E-state index contributed by atoms with van der Waals surface area (Å²) in [6, 6.07) is 5.05. The first-order valence-electron chi connectivity index (χ1n) is 6.66. The molecule has 2 N–H and O–H groups in total. The zero-order valence-electron chi connectivity index (χ0n) is 12.4. The second-order valence-electron chi connectivity index (χ2n) is 6.32. The lowest BCUT2D eigenvalue weighted by molar-refractivity contribution is -0.123. The molecule has 3 heteroatoms. The van der Waals surface area contributed by atoms with Gasteiger partial charge in [-0.1, -0.05) is 33.8 Å². The molecule has 0 spiro atoms. The van der Waals surface area contributed by atoms with Crippen LogP contribution in [0, 0.1) is 0 Å². The van der Waals surface area contributed by atoms with E-state index in [4.69, 9.17) is 0 Å². The van der Waals surface area contributed by atoms with Crippen LogP contribution in [0.2, 0.25) is 0 Å². The van der Waals surface area contributed by atoms with Crippen LogP contribution in [0.5, 0.6) is 5.75 Å². The van der Waals surface area contributed by atoms with E-state index in [1.54, 1.807) is 32.0 Å². The maximum Gasteiger partial charge on any atom is 0.135 e. The number of phenols is 1. The Morgan fingerprint density at radius 1 is 1.21 bits per heavy atom. The highest BCUT2D eigenvalue weighted by molar-refractivity contribution is 5.79. The highest BCUT2D eigenvalue weighted by Crippen LogP contribution is 2.35. The van der Waals surface area contributed by atoms with E-state index in [9.17, 15) is 15.0 Å². The number of hydrogen-bond donors (Lipinski definition) is 2. The molecule has 0 bridgehead atoms. The van der Waals surface area contributed by atoms with Gasteiger partial charge in [0.2, 0.25) is 0 Å². The molecule has 0 aliphatic heterocycles. The molecule has 1 aromatic carbocycles. The first-order valence-corrected chi connectivity index (χ1v) is 6.66. The van der Waals surface area contributed by atoms with E-state index in [1.807, 2.05) is 20.8 Å². The van der Waals surface area contributed by atoms with Gasteiger partial charge in [0, 0.05) is 12.8 Å². The predicted molar refractivity (Wildman–Crippen MR) is 76.3 cm³/mol. The van der Waals surface area contributed by atoms with Gasteiger partial charge in [-0.25, -0.2) is 0 Å². The van der Waals surface area contributed by atoms with Crippen molar-refractivity contribution in [3.8, 4) is 5.75 Å². The van der Waals surface area contributed by atoms with Crippen LogP contribution in [-0.4, -0.2) is 16.0 Å². The molecule has 19 heavy (non-hydrogen) atoms. The summed E-state index contributed by atoms with van der Waals surface area (Å²) in [7, 11) is 0. The summed E-state index contributed by atoms with van der Waals surface area (Å²) in [4.78, 5) is 11.5. The third kappa shape index (κ3) is 3.80. The van der Waals surface area contributed by atoms with Crippen LogP contribution in [-0.2, 0) is 15.8 Å². The van der Waals surface area contributed by atoms with Crippen LogP contribution >= 0.6 is 0 Å². The highest BCUT2D eigenvalue weighted by Gasteiger charge is 2.28. The molecular weight excluding hydrogens is 240 g/mol. The molecular formula is C16H24O3. The average Bonchev–Trinajstić information content (AvgIpc) is 2.26. The Bertz CT molecular complexity index is 467. The van der Waals surface area contributed by atoms with Crippen LogP contribution < -0.4 is 0 Å². The standard InChI is InChI=1S/C16H24O3/c1-6-12(17)10-16(5,19)11-7-8-14(18)13(9-11)15(2,3)4/h7-9,18-19H,6,10H2,1-5H3. The summed E-state index contributed by atoms with van der Waals surface area (Å²) in [5.74, 6) is 0.240. The lowest BCUT2D eigenvalue weighted by atomic mass is 9.82. The molecule has 0 radical (unpaired) electrons. The summed E-state index contributed by atoms with van der Waals surface area (Å²) < 4.78 is 0. The molecule has 1 atom stereocenters. The maximum atomic E-state index is 11.5. The van der Waals surface area contributed by atoms with E-state index in [1.165, 1.54) is 0 Å². The van der Waals surface area contributed by atoms with Gasteiger partial charge in [-0.05, 0) is 35.6 Å². The Morgan fingerprint density at radius 3 is 2.26 bits per heavy atom. The topological polar surface area (TPSA) is 57.5 Å². The van der Waals surface area contributed by atoms with Crippen molar-refractivity contribution in [3.05, 3.63) is 29.3 Å². The van der Waals surface area contributed by atoms with Crippen molar-refractivity contribution in [1.29, 1.82) is 0 Å². The van der Waals surface area contributed by atoms with Gasteiger partial charge in [-0.2, -0.15) is 0 Å². The number of rotatable bonds is 4. The normalized spacial score (nSPS) is 15.1. The molecule has 0 heterocycles. The van der Waals surface area contributed by atoms with Crippen molar-refractivity contribution in [1.82, 2.24) is 0 Å². The van der Waals surface area contributed by atoms with Crippen molar-refractivity contribution in [2.75, 3.05) is 0 Å². The van der Waals surface area contributed by atoms with E-state index in [0.717, 1.165) is 5.56 Å². The van der Waals surface area contributed by atoms with Crippen LogP contribution in [0.25, 0.3) is 0 Å². The molecule has 1 aromatic rings. The zero-order valence-corrected chi connectivity index (χ0v) is 12.4. The molecule has 106 valence electrons. The Labute approximate surface area is 115 Å². The number of carbonyl (C=O) groups is 1. The molecule has 3 nitrogen and oxygen atoms in total. The highest BCUT2D eigenvalue weighted by atomic mass is 16.3.